The minimum Gasteiger partial charge on any atom is -0.384 e. The summed E-state index contributed by atoms with van der Waals surface area (Å²) >= 11 is 0. The zero-order chi connectivity index (χ0) is 26.5. The lowest BCUT2D eigenvalue weighted by atomic mass is 9.71. The normalized spacial score (nSPS) is 15.5. The van der Waals surface area contributed by atoms with E-state index in [0.717, 1.165) is 38.9 Å². The van der Waals surface area contributed by atoms with Crippen molar-refractivity contribution in [2.24, 2.45) is 21.7 Å². The third kappa shape index (κ3) is 11.7. The standard InChI is InChI=1S/C29H60O5/c1-13-16-18-33-24(26(4,5)20-30-12)28(8,9)22-32-23-29(10,11)25(34-19-17-14-2)27(6,7)21-31-15-3/h24-25H,13-23H2,1-12H3. The van der Waals surface area contributed by atoms with Crippen LogP contribution >= 0.6 is 0 Å². The molecule has 0 heterocycles. The minimum atomic E-state index is -0.162. The van der Waals surface area contributed by atoms with Crippen LogP contribution in [0, 0.1) is 21.7 Å². The third-order valence-corrected chi connectivity index (χ3v) is 6.55. The molecule has 5 nitrogen and oxygen atoms in total. The molecule has 0 aromatic carbocycles. The Morgan fingerprint density at radius 2 is 0.882 bits per heavy atom. The highest BCUT2D eigenvalue weighted by Crippen LogP contribution is 2.40. The summed E-state index contributed by atoms with van der Waals surface area (Å²) in [5.74, 6) is 0. The molecule has 0 rings (SSSR count). The lowest BCUT2D eigenvalue weighted by Crippen LogP contribution is -2.50. The summed E-state index contributed by atoms with van der Waals surface area (Å²) in [7, 11) is 1.76. The van der Waals surface area contributed by atoms with Crippen molar-refractivity contribution < 1.29 is 23.7 Å². The number of hydrogen-bond acceptors (Lipinski definition) is 5. The highest BCUT2D eigenvalue weighted by molar-refractivity contribution is 4.93. The Bertz CT molecular complexity index is 513. The van der Waals surface area contributed by atoms with Gasteiger partial charge >= 0.3 is 0 Å². The highest BCUT2D eigenvalue weighted by atomic mass is 16.5. The van der Waals surface area contributed by atoms with Crippen molar-refractivity contribution in [3.63, 3.8) is 0 Å². The maximum absolute atomic E-state index is 6.49. The molecule has 2 atom stereocenters. The molecule has 0 spiro atoms. The topological polar surface area (TPSA) is 46.2 Å². The van der Waals surface area contributed by atoms with Gasteiger partial charge in [-0.25, -0.2) is 0 Å². The van der Waals surface area contributed by atoms with Crippen molar-refractivity contribution >= 4 is 0 Å². The van der Waals surface area contributed by atoms with Crippen molar-refractivity contribution in [3.8, 4) is 0 Å². The van der Waals surface area contributed by atoms with E-state index in [4.69, 9.17) is 23.7 Å². The predicted octanol–water partition coefficient (Wildman–Crippen LogP) is 7.16. The van der Waals surface area contributed by atoms with Gasteiger partial charge in [0.15, 0.2) is 0 Å². The van der Waals surface area contributed by atoms with E-state index in [1.807, 2.05) is 6.92 Å². The van der Waals surface area contributed by atoms with Gasteiger partial charge in [-0.3, -0.25) is 0 Å². The van der Waals surface area contributed by atoms with Crippen LogP contribution in [0.4, 0.5) is 0 Å². The number of unbranched alkanes of at least 4 members (excludes halogenated alkanes) is 2. The van der Waals surface area contributed by atoms with E-state index in [9.17, 15) is 0 Å². The molecule has 0 radical (unpaired) electrons. The van der Waals surface area contributed by atoms with E-state index < -0.39 is 0 Å². The van der Waals surface area contributed by atoms with E-state index >= 15 is 0 Å². The monoisotopic (exact) mass is 488 g/mol. The summed E-state index contributed by atoms with van der Waals surface area (Å²) in [4.78, 5) is 0. The van der Waals surface area contributed by atoms with Crippen LogP contribution in [0.2, 0.25) is 0 Å². The van der Waals surface area contributed by atoms with Gasteiger partial charge in [0.05, 0.1) is 38.6 Å². The van der Waals surface area contributed by atoms with Crippen molar-refractivity contribution in [1.82, 2.24) is 0 Å². The largest absolute Gasteiger partial charge is 0.384 e. The number of methoxy groups -OCH3 is 1. The molecule has 34 heavy (non-hydrogen) atoms. The molecule has 0 saturated heterocycles. The van der Waals surface area contributed by atoms with Gasteiger partial charge in [0.1, 0.15) is 0 Å². The molecule has 2 unspecified atom stereocenters. The van der Waals surface area contributed by atoms with E-state index in [0.29, 0.717) is 33.0 Å². The maximum atomic E-state index is 6.49. The van der Waals surface area contributed by atoms with Crippen LogP contribution in [0.3, 0.4) is 0 Å². The van der Waals surface area contributed by atoms with Gasteiger partial charge in [-0.1, -0.05) is 82.1 Å². The van der Waals surface area contributed by atoms with Gasteiger partial charge in [0.25, 0.3) is 0 Å². The molecule has 0 aliphatic rings. The number of ether oxygens (including phenoxy) is 5. The molecule has 206 valence electrons. The van der Waals surface area contributed by atoms with Gasteiger partial charge in [-0.2, -0.15) is 0 Å². The molecule has 0 aromatic rings. The highest BCUT2D eigenvalue weighted by Gasteiger charge is 2.44. The summed E-state index contributed by atoms with van der Waals surface area (Å²) in [6, 6.07) is 0. The minimum absolute atomic E-state index is 0.0283. The van der Waals surface area contributed by atoms with Crippen LogP contribution in [-0.2, 0) is 23.7 Å². The van der Waals surface area contributed by atoms with Crippen LogP contribution in [0.25, 0.3) is 0 Å². The average Bonchev–Trinajstić information content (AvgIpc) is 2.71. The second-order valence-corrected chi connectivity index (χ2v) is 12.7. The predicted molar refractivity (Wildman–Crippen MR) is 144 cm³/mol. The molecular formula is C29H60O5. The van der Waals surface area contributed by atoms with Gasteiger partial charge in [-0.05, 0) is 19.8 Å². The Kier molecular flexibility index (Phi) is 15.7. The summed E-state index contributed by atoms with van der Waals surface area (Å²) < 4.78 is 30.8. The smallest absolute Gasteiger partial charge is 0.0720 e. The zero-order valence-corrected chi connectivity index (χ0v) is 25.0. The number of rotatable bonds is 21. The van der Waals surface area contributed by atoms with Crippen LogP contribution in [0.5, 0.6) is 0 Å². The summed E-state index contributed by atoms with van der Waals surface area (Å²) in [5.41, 5.74) is -0.551. The van der Waals surface area contributed by atoms with E-state index in [2.05, 4.69) is 69.2 Å². The molecule has 0 bridgehead atoms. The van der Waals surface area contributed by atoms with E-state index in [1.165, 1.54) is 0 Å². The summed E-state index contributed by atoms with van der Waals surface area (Å²) in [6.45, 7) is 29.2. The quantitative estimate of drug-likeness (QED) is 0.160. The van der Waals surface area contributed by atoms with Gasteiger partial charge in [0.2, 0.25) is 0 Å². The molecule has 0 aliphatic carbocycles. The lowest BCUT2D eigenvalue weighted by molar-refractivity contribution is -0.161. The molecule has 5 heteroatoms. The van der Waals surface area contributed by atoms with E-state index in [1.54, 1.807) is 7.11 Å². The van der Waals surface area contributed by atoms with E-state index in [-0.39, 0.29) is 33.9 Å². The second kappa shape index (κ2) is 15.8. The van der Waals surface area contributed by atoms with Crippen LogP contribution in [-0.4, -0.2) is 65.6 Å². The Labute approximate surface area is 213 Å². The third-order valence-electron chi connectivity index (χ3n) is 6.55. The van der Waals surface area contributed by atoms with Crippen molar-refractivity contribution in [2.45, 2.75) is 114 Å². The first-order valence-electron chi connectivity index (χ1n) is 13.6. The summed E-state index contributed by atoms with van der Waals surface area (Å²) in [5, 5.41) is 0. The second-order valence-electron chi connectivity index (χ2n) is 12.7. The Morgan fingerprint density at radius 1 is 0.529 bits per heavy atom. The fraction of sp³-hybridized carbons (Fsp3) is 1.00. The Morgan fingerprint density at radius 3 is 1.21 bits per heavy atom. The first-order chi connectivity index (χ1) is 15.7. The molecule has 0 N–H and O–H groups in total. The van der Waals surface area contributed by atoms with Gasteiger partial charge < -0.3 is 23.7 Å². The van der Waals surface area contributed by atoms with Crippen molar-refractivity contribution in [1.29, 1.82) is 0 Å². The average molecular weight is 489 g/mol. The fourth-order valence-corrected chi connectivity index (χ4v) is 5.33. The molecule has 0 aromatic heterocycles. The van der Waals surface area contributed by atoms with Gasteiger partial charge in [-0.15, -0.1) is 0 Å². The SMILES string of the molecule is CCCCOC(C(C)(C)COC)C(C)(C)COCC(C)(C)C(OCCCC)C(C)(C)COCC. The van der Waals surface area contributed by atoms with Crippen LogP contribution in [0.15, 0.2) is 0 Å². The maximum Gasteiger partial charge on any atom is 0.0720 e. The summed E-state index contributed by atoms with van der Waals surface area (Å²) in [6.07, 6.45) is 4.44. The molecule has 0 amide bonds. The fourth-order valence-electron chi connectivity index (χ4n) is 5.33. The molecule has 0 aliphatic heterocycles. The molecular weight excluding hydrogens is 428 g/mol. The van der Waals surface area contributed by atoms with Crippen molar-refractivity contribution in [3.05, 3.63) is 0 Å². The van der Waals surface area contributed by atoms with Crippen LogP contribution in [0.1, 0.15) is 102 Å². The first kappa shape index (κ1) is 33.8. The first-order valence-corrected chi connectivity index (χ1v) is 13.6. The molecule has 0 saturated carbocycles. The zero-order valence-electron chi connectivity index (χ0n) is 25.0. The Balaban J connectivity index is 5.43. The lowest BCUT2D eigenvalue weighted by Gasteiger charge is -2.46. The van der Waals surface area contributed by atoms with Crippen molar-refractivity contribution in [2.75, 3.05) is 53.4 Å². The molecule has 0 fully saturated rings. The number of hydrogen-bond donors (Lipinski definition) is 0. The van der Waals surface area contributed by atoms with Gasteiger partial charge in [0, 0.05) is 48.6 Å². The Hall–Kier alpha value is -0.200. The van der Waals surface area contributed by atoms with Crippen LogP contribution < -0.4 is 0 Å².